The molecule has 0 saturated heterocycles. The number of carbonyl (C=O) groups is 1. The molecule has 0 aliphatic carbocycles. The lowest BCUT2D eigenvalue weighted by molar-refractivity contribution is -0.126. The number of benzene rings is 2. The van der Waals surface area contributed by atoms with Crippen LogP contribution < -0.4 is 0 Å². The molecule has 1 amide bonds. The standard InChI is InChI=1S/C22H21N3O3S/c1-24(15-17-7-9-19(10-8-17)18-5-3-2-4-6-18)22(26)20-11-12-21-23-29(27,28)14-13-25(21)16-20/h2-12,16H,13-15H2,1H3. The molecule has 2 aliphatic rings. The molecule has 0 unspecified atom stereocenters. The number of rotatable bonds is 4. The number of nitrogens with zero attached hydrogens (tertiary/aromatic N) is 3. The van der Waals surface area contributed by atoms with Crippen LogP contribution in [0.5, 0.6) is 0 Å². The van der Waals surface area contributed by atoms with Crippen molar-refractivity contribution >= 4 is 21.8 Å². The molecule has 0 spiro atoms. The average Bonchev–Trinajstić information content (AvgIpc) is 2.73. The number of amides is 1. The van der Waals surface area contributed by atoms with Crippen molar-refractivity contribution in [1.82, 2.24) is 9.80 Å². The summed E-state index contributed by atoms with van der Waals surface area (Å²) in [5.74, 6) is 0.180. The lowest BCUT2D eigenvalue weighted by Gasteiger charge is -2.28. The highest BCUT2D eigenvalue weighted by molar-refractivity contribution is 7.90. The van der Waals surface area contributed by atoms with Gasteiger partial charge in [0.2, 0.25) is 0 Å². The monoisotopic (exact) mass is 407 g/mol. The van der Waals surface area contributed by atoms with E-state index in [9.17, 15) is 13.2 Å². The summed E-state index contributed by atoms with van der Waals surface area (Å²) in [7, 11) is -1.64. The van der Waals surface area contributed by atoms with Gasteiger partial charge in [0.15, 0.2) is 0 Å². The summed E-state index contributed by atoms with van der Waals surface area (Å²) in [5, 5.41) is 0. The zero-order valence-corrected chi connectivity index (χ0v) is 16.8. The van der Waals surface area contributed by atoms with Crippen LogP contribution in [0.25, 0.3) is 11.1 Å². The van der Waals surface area contributed by atoms with Crippen molar-refractivity contribution in [3.05, 3.63) is 84.1 Å². The highest BCUT2D eigenvalue weighted by Crippen LogP contribution is 2.21. The number of hydrogen-bond donors (Lipinski definition) is 0. The Kier molecular flexibility index (Phi) is 5.07. The fraction of sp³-hybridized carbons (Fsp3) is 0.182. The van der Waals surface area contributed by atoms with E-state index in [2.05, 4.69) is 28.7 Å². The smallest absolute Gasteiger partial charge is 0.256 e. The molecule has 0 fully saturated rings. The van der Waals surface area contributed by atoms with Crippen molar-refractivity contribution in [3.63, 3.8) is 0 Å². The number of fused-ring (bicyclic) bond motifs is 1. The van der Waals surface area contributed by atoms with Gasteiger partial charge >= 0.3 is 0 Å². The Balaban J connectivity index is 1.44. The average molecular weight is 407 g/mol. The molecule has 0 bridgehead atoms. The quantitative estimate of drug-likeness (QED) is 0.782. The molecular weight excluding hydrogens is 386 g/mol. The molecule has 148 valence electrons. The Morgan fingerprint density at radius 3 is 2.45 bits per heavy atom. The molecule has 2 aromatic carbocycles. The topological polar surface area (TPSA) is 70.1 Å². The molecule has 0 atom stereocenters. The first-order valence-corrected chi connectivity index (χ1v) is 10.9. The Morgan fingerprint density at radius 2 is 1.72 bits per heavy atom. The van der Waals surface area contributed by atoms with Gasteiger partial charge in [-0.1, -0.05) is 54.6 Å². The predicted octanol–water partition coefficient (Wildman–Crippen LogP) is 2.81. The summed E-state index contributed by atoms with van der Waals surface area (Å²) in [5.41, 5.74) is 3.83. The first-order valence-electron chi connectivity index (χ1n) is 9.30. The molecule has 0 radical (unpaired) electrons. The molecule has 29 heavy (non-hydrogen) atoms. The van der Waals surface area contributed by atoms with E-state index >= 15 is 0 Å². The molecule has 6 nitrogen and oxygen atoms in total. The molecule has 2 aliphatic heterocycles. The Hall–Kier alpha value is -3.19. The van der Waals surface area contributed by atoms with Gasteiger partial charge in [-0.3, -0.25) is 4.79 Å². The summed E-state index contributed by atoms with van der Waals surface area (Å²) in [4.78, 5) is 16.2. The lowest BCUT2D eigenvalue weighted by atomic mass is 10.0. The largest absolute Gasteiger partial charge is 0.337 e. The highest BCUT2D eigenvalue weighted by Gasteiger charge is 2.25. The van der Waals surface area contributed by atoms with Crippen LogP contribution in [-0.2, 0) is 21.4 Å². The van der Waals surface area contributed by atoms with Gasteiger partial charge in [-0.15, -0.1) is 4.40 Å². The van der Waals surface area contributed by atoms with Gasteiger partial charge in [-0.2, -0.15) is 0 Å². The van der Waals surface area contributed by atoms with Crippen LogP contribution in [0, 0.1) is 0 Å². The second kappa shape index (κ2) is 7.67. The van der Waals surface area contributed by atoms with Crippen LogP contribution in [0.3, 0.4) is 0 Å². The van der Waals surface area contributed by atoms with Gasteiger partial charge in [0.1, 0.15) is 5.84 Å². The van der Waals surface area contributed by atoms with Gasteiger partial charge in [0, 0.05) is 26.3 Å². The van der Waals surface area contributed by atoms with Gasteiger partial charge in [0.25, 0.3) is 15.9 Å². The van der Waals surface area contributed by atoms with Gasteiger partial charge in [-0.05, 0) is 28.8 Å². The van der Waals surface area contributed by atoms with Crippen molar-refractivity contribution in [1.29, 1.82) is 0 Å². The minimum Gasteiger partial charge on any atom is -0.337 e. The summed E-state index contributed by atoms with van der Waals surface area (Å²) < 4.78 is 26.9. The van der Waals surface area contributed by atoms with Crippen LogP contribution in [0.4, 0.5) is 0 Å². The van der Waals surface area contributed by atoms with E-state index < -0.39 is 10.0 Å². The second-order valence-corrected chi connectivity index (χ2v) is 8.83. The summed E-state index contributed by atoms with van der Waals surface area (Å²) in [6.45, 7) is 0.779. The first kappa shape index (κ1) is 19.1. The van der Waals surface area contributed by atoms with Crippen molar-refractivity contribution in [3.8, 4) is 11.1 Å². The molecule has 2 aromatic rings. The molecule has 4 rings (SSSR count). The Labute approximate surface area is 170 Å². The zero-order chi connectivity index (χ0) is 20.4. The molecule has 0 aromatic heterocycles. The zero-order valence-electron chi connectivity index (χ0n) is 16.0. The van der Waals surface area contributed by atoms with Crippen molar-refractivity contribution in [2.45, 2.75) is 6.54 Å². The van der Waals surface area contributed by atoms with Gasteiger partial charge in [-0.25, -0.2) is 8.42 Å². The van der Waals surface area contributed by atoms with Gasteiger partial charge in [0.05, 0.1) is 11.3 Å². The molecule has 0 saturated carbocycles. The molecular formula is C22H21N3O3S. The lowest BCUT2D eigenvalue weighted by Crippen LogP contribution is -2.38. The number of sulfonamides is 1. The minimum absolute atomic E-state index is 0.0497. The highest BCUT2D eigenvalue weighted by atomic mass is 32.2. The maximum absolute atomic E-state index is 12.8. The Bertz CT molecular complexity index is 1120. The summed E-state index contributed by atoms with van der Waals surface area (Å²) in [6.07, 6.45) is 4.87. The maximum Gasteiger partial charge on any atom is 0.256 e. The number of likely N-dealkylation sites (N-methyl/N-ethyl adjacent to an activating group) is 1. The van der Waals surface area contributed by atoms with Crippen LogP contribution in [0.15, 0.2) is 82.9 Å². The fourth-order valence-electron chi connectivity index (χ4n) is 3.33. The summed E-state index contributed by atoms with van der Waals surface area (Å²) >= 11 is 0. The Morgan fingerprint density at radius 1 is 1.03 bits per heavy atom. The second-order valence-electron chi connectivity index (χ2n) is 7.07. The van der Waals surface area contributed by atoms with E-state index in [1.54, 1.807) is 35.2 Å². The third kappa shape index (κ3) is 4.30. The van der Waals surface area contributed by atoms with Crippen molar-refractivity contribution in [2.75, 3.05) is 19.3 Å². The van der Waals surface area contributed by atoms with Crippen molar-refractivity contribution in [2.24, 2.45) is 4.40 Å². The number of hydrogen-bond acceptors (Lipinski definition) is 4. The van der Waals surface area contributed by atoms with E-state index in [1.807, 2.05) is 30.3 Å². The van der Waals surface area contributed by atoms with E-state index in [1.165, 1.54) is 0 Å². The van der Waals surface area contributed by atoms with Crippen molar-refractivity contribution < 1.29 is 13.2 Å². The minimum atomic E-state index is -3.40. The summed E-state index contributed by atoms with van der Waals surface area (Å²) in [6, 6.07) is 18.3. The van der Waals surface area contributed by atoms with E-state index in [4.69, 9.17) is 0 Å². The fourth-order valence-corrected chi connectivity index (χ4v) is 4.30. The molecule has 7 heteroatoms. The van der Waals surface area contributed by atoms with Crippen LogP contribution in [0.1, 0.15) is 5.56 Å². The van der Waals surface area contributed by atoms with Gasteiger partial charge < -0.3 is 9.80 Å². The van der Waals surface area contributed by atoms with E-state index in [0.29, 0.717) is 24.5 Å². The first-order chi connectivity index (χ1) is 13.9. The van der Waals surface area contributed by atoms with Crippen LogP contribution >= 0.6 is 0 Å². The van der Waals surface area contributed by atoms with E-state index in [0.717, 1.165) is 16.7 Å². The van der Waals surface area contributed by atoms with Crippen LogP contribution in [0.2, 0.25) is 0 Å². The molecule has 2 heterocycles. The third-order valence-corrected chi connectivity index (χ3v) is 6.06. The maximum atomic E-state index is 12.8. The number of carbonyl (C=O) groups excluding carboxylic acids is 1. The SMILES string of the molecule is CN(Cc1ccc(-c2ccccc2)cc1)C(=O)C1=CN2CCS(=O)(=O)N=C2C=C1. The number of amidine groups is 1. The van der Waals surface area contributed by atoms with E-state index in [-0.39, 0.29) is 11.7 Å². The predicted molar refractivity (Wildman–Crippen MR) is 114 cm³/mol. The normalized spacial score (nSPS) is 17.2. The van der Waals surface area contributed by atoms with Crippen LogP contribution in [-0.4, -0.2) is 49.3 Å². The molecule has 0 N–H and O–H groups in total. The third-order valence-electron chi connectivity index (χ3n) is 4.90.